The number of unbranched alkanes of at least 4 members (excludes halogenated alkanes) is 2. The topological polar surface area (TPSA) is 283 Å². The second-order valence-electron chi connectivity index (χ2n) is 16.4. The van der Waals surface area contributed by atoms with Gasteiger partial charge in [0.1, 0.15) is 55.4 Å². The zero-order chi connectivity index (χ0) is 49.3. The third kappa shape index (κ3) is 13.5. The van der Waals surface area contributed by atoms with E-state index < -0.39 is 53.7 Å². The van der Waals surface area contributed by atoms with Gasteiger partial charge in [-0.1, -0.05) is 44.0 Å². The highest BCUT2D eigenvalue weighted by Gasteiger charge is 2.36. The van der Waals surface area contributed by atoms with Crippen molar-refractivity contribution in [2.24, 2.45) is 17.2 Å². The van der Waals surface area contributed by atoms with Crippen LogP contribution in [0.5, 0.6) is 11.5 Å². The van der Waals surface area contributed by atoms with Crippen LogP contribution in [-0.4, -0.2) is 115 Å². The van der Waals surface area contributed by atoms with Gasteiger partial charge in [0.05, 0.1) is 23.0 Å². The summed E-state index contributed by atoms with van der Waals surface area (Å²) in [5.74, 6) is -1.06. The Labute approximate surface area is 401 Å². The minimum absolute atomic E-state index is 0.00123. The molecular formula is C49H63N11O7S. The van der Waals surface area contributed by atoms with Crippen LogP contribution >= 0.6 is 11.8 Å². The highest BCUT2D eigenvalue weighted by Crippen LogP contribution is 2.40. The molecule has 0 spiro atoms. The van der Waals surface area contributed by atoms with E-state index in [1.165, 1.54) is 25.3 Å². The fourth-order valence-corrected chi connectivity index (χ4v) is 8.69. The van der Waals surface area contributed by atoms with Gasteiger partial charge in [-0.25, -0.2) is 9.97 Å². The van der Waals surface area contributed by atoms with Crippen LogP contribution in [0.15, 0.2) is 65.6 Å². The Bertz CT molecular complexity index is 2440. The average molecular weight is 950 g/mol. The number of nitrogens with zero attached hydrogens (tertiary/aromatic N) is 4. The van der Waals surface area contributed by atoms with E-state index in [2.05, 4.69) is 38.2 Å². The Hall–Kier alpha value is -6.59. The zero-order valence-corrected chi connectivity index (χ0v) is 40.2. The lowest BCUT2D eigenvalue weighted by Gasteiger charge is -2.32. The summed E-state index contributed by atoms with van der Waals surface area (Å²) < 4.78 is 12.2. The minimum Gasteiger partial charge on any atom is -0.492 e. The third-order valence-electron chi connectivity index (χ3n) is 11.2. The molecule has 4 atom stereocenters. The van der Waals surface area contributed by atoms with Crippen molar-refractivity contribution in [3.8, 4) is 40.1 Å². The number of likely N-dealkylation sites (N-methyl/N-ethyl adjacent to an activating group) is 1. The standard InChI is InChI=1S/C49H63N11O7S/c1-6-7-8-25-68-35-13-10-33(11-14-35)44-55-29(2)42(30(3)56-44)47(63)58-38(17-18-50)49(65)60(5)43-34-12-16-41(67-24-21-53)37(28-34)36-26-32(9-15-40(36)66-23-20-52)27-39(46(62)54-22-19-51)59-45(61)31(4)57-48(43)64/h9-16,26,28,31,38-39,43H,6-8,17-18,20-25,27,50,52-53H2,1-5H3,(H,54,62)(H,57,64)(H,58,63)(H,59,61)/t31-,38-,39-,43-/m0/s1. The van der Waals surface area contributed by atoms with Crippen LogP contribution < -0.4 is 47.9 Å². The van der Waals surface area contributed by atoms with Crippen LogP contribution in [0.3, 0.4) is 0 Å². The molecule has 18 nitrogen and oxygen atoms in total. The number of carbonyl (C=O) groups is 5. The van der Waals surface area contributed by atoms with Gasteiger partial charge >= 0.3 is 0 Å². The van der Waals surface area contributed by atoms with Gasteiger partial charge in [0.25, 0.3) is 5.91 Å². The monoisotopic (exact) mass is 949 g/mol. The smallest absolute Gasteiger partial charge is 0.255 e. The minimum atomic E-state index is -1.40. The molecule has 362 valence electrons. The summed E-state index contributed by atoms with van der Waals surface area (Å²) in [6.45, 7) is 7.40. The molecule has 1 aliphatic heterocycles. The van der Waals surface area contributed by atoms with Crippen LogP contribution in [0.25, 0.3) is 22.5 Å². The second-order valence-corrected chi connectivity index (χ2v) is 17.5. The van der Waals surface area contributed by atoms with Crippen LogP contribution in [-0.2, 0) is 25.6 Å². The zero-order valence-electron chi connectivity index (χ0n) is 39.4. The molecule has 0 saturated carbocycles. The Morgan fingerprint density at radius 2 is 1.54 bits per heavy atom. The van der Waals surface area contributed by atoms with Crippen LogP contribution in [0.1, 0.15) is 78.4 Å². The Morgan fingerprint density at radius 1 is 0.897 bits per heavy atom. The van der Waals surface area contributed by atoms with Crippen molar-refractivity contribution in [2.75, 3.05) is 52.2 Å². The van der Waals surface area contributed by atoms with Crippen molar-refractivity contribution in [3.05, 3.63) is 88.7 Å². The normalized spacial score (nSPS) is 16.2. The van der Waals surface area contributed by atoms with Crippen molar-refractivity contribution in [1.82, 2.24) is 36.1 Å². The molecule has 0 radical (unpaired) electrons. The summed E-state index contributed by atoms with van der Waals surface area (Å²) >= 11 is 1.80. The quantitative estimate of drug-likeness (QED) is 0.0381. The molecule has 0 aliphatic carbocycles. The molecule has 0 unspecified atom stereocenters. The summed E-state index contributed by atoms with van der Waals surface area (Å²) in [4.78, 5) is 82.3. The Kier molecular flexibility index (Phi) is 19.7. The number of fused-ring (bicyclic) bond motifs is 5. The molecule has 4 bridgehead atoms. The molecule has 0 saturated heterocycles. The average Bonchev–Trinajstić information content (AvgIpc) is 3.32. The lowest BCUT2D eigenvalue weighted by molar-refractivity contribution is -0.141. The lowest BCUT2D eigenvalue weighted by atomic mass is 9.93. The van der Waals surface area contributed by atoms with Crippen molar-refractivity contribution in [1.29, 1.82) is 5.26 Å². The predicted octanol–water partition coefficient (Wildman–Crippen LogP) is 3.22. The van der Waals surface area contributed by atoms with E-state index in [-0.39, 0.29) is 57.8 Å². The number of nitrogens with one attached hydrogen (secondary N) is 4. The van der Waals surface area contributed by atoms with Crippen LogP contribution in [0.4, 0.5) is 0 Å². The van der Waals surface area contributed by atoms with Gasteiger partial charge in [-0.3, -0.25) is 24.0 Å². The number of aromatic nitrogens is 2. The Morgan fingerprint density at radius 3 is 2.16 bits per heavy atom. The number of amides is 5. The van der Waals surface area contributed by atoms with Crippen LogP contribution in [0, 0.1) is 25.2 Å². The first kappa shape index (κ1) is 52.4. The third-order valence-corrected chi connectivity index (χ3v) is 12.3. The molecule has 0 fully saturated rings. The number of hydrogen-bond donors (Lipinski definition) is 7. The molecule has 68 heavy (non-hydrogen) atoms. The number of benzene rings is 3. The van der Waals surface area contributed by atoms with Gasteiger partial charge < -0.3 is 52.8 Å². The molecule has 19 heteroatoms. The maximum absolute atomic E-state index is 14.7. The van der Waals surface area contributed by atoms with Gasteiger partial charge in [0.2, 0.25) is 23.6 Å². The molecule has 5 amide bonds. The first-order valence-corrected chi connectivity index (χ1v) is 23.8. The molecule has 4 aromatic rings. The molecule has 10 N–H and O–H groups in total. The van der Waals surface area contributed by atoms with Crippen LogP contribution in [0.2, 0.25) is 0 Å². The van der Waals surface area contributed by atoms with E-state index in [0.29, 0.717) is 51.0 Å². The fourth-order valence-electron chi connectivity index (χ4n) is 7.78. The molecular weight excluding hydrogens is 887 g/mol. The summed E-state index contributed by atoms with van der Waals surface area (Å²) in [5, 5.41) is 20.0. The molecule has 2 heterocycles. The van der Waals surface area contributed by atoms with Crippen molar-refractivity contribution in [2.45, 2.75) is 88.9 Å². The first-order valence-electron chi connectivity index (χ1n) is 22.8. The van der Waals surface area contributed by atoms with Gasteiger partial charge in [-0.15, -0.1) is 11.8 Å². The number of carbonyl (C=O) groups excluding carboxylic acids is 5. The number of thioether (sulfide) groups is 1. The molecule has 3 aromatic carbocycles. The Balaban J connectivity index is 1.53. The van der Waals surface area contributed by atoms with Gasteiger partial charge in [0.15, 0.2) is 5.82 Å². The van der Waals surface area contributed by atoms with Crippen molar-refractivity contribution < 1.29 is 33.4 Å². The van der Waals surface area contributed by atoms with E-state index in [0.717, 1.165) is 29.1 Å². The number of nitrogens with two attached hydrogens (primary N) is 3. The fraction of sp³-hybridized carbons (Fsp3) is 0.429. The summed E-state index contributed by atoms with van der Waals surface area (Å²) in [7, 11) is 1.42. The van der Waals surface area contributed by atoms with Gasteiger partial charge in [-0.2, -0.15) is 5.26 Å². The van der Waals surface area contributed by atoms with E-state index in [9.17, 15) is 29.2 Å². The van der Waals surface area contributed by atoms with E-state index in [4.69, 9.17) is 26.7 Å². The maximum atomic E-state index is 14.7. The predicted molar refractivity (Wildman–Crippen MR) is 260 cm³/mol. The maximum Gasteiger partial charge on any atom is 0.255 e. The summed E-state index contributed by atoms with van der Waals surface area (Å²) in [6.07, 6.45) is 3.51. The van der Waals surface area contributed by atoms with E-state index in [1.54, 1.807) is 62.0 Å². The van der Waals surface area contributed by atoms with Crippen molar-refractivity contribution in [3.63, 3.8) is 0 Å². The first-order chi connectivity index (χ1) is 32.7. The number of rotatable bonds is 20. The number of ether oxygens (including phenoxy) is 2. The largest absolute Gasteiger partial charge is 0.492 e. The SMILES string of the molecule is CCCCCSc1ccc(-c2nc(C)c(C(=O)N[C@@H](CCN)C(=O)N(C)[C@@H]3C(=O)N[C@@H](C)C(=O)N[C@H](C(=O)NCC#N)Cc4ccc(OCCN)c(c4)-c4cc3ccc4OCCN)c(C)n2)cc1. The summed E-state index contributed by atoms with van der Waals surface area (Å²) in [6, 6.07) is 15.0. The number of nitriles is 1. The summed E-state index contributed by atoms with van der Waals surface area (Å²) in [5.41, 5.74) is 21.4. The van der Waals surface area contributed by atoms with E-state index >= 15 is 0 Å². The molecule has 5 rings (SSSR count). The van der Waals surface area contributed by atoms with E-state index in [1.807, 2.05) is 30.3 Å². The van der Waals surface area contributed by atoms with Crippen molar-refractivity contribution >= 4 is 41.3 Å². The molecule has 1 aliphatic rings. The van der Waals surface area contributed by atoms with Gasteiger partial charge in [0, 0.05) is 48.1 Å². The number of aryl methyl sites for hydroxylation is 2. The second kappa shape index (κ2) is 25.5. The lowest BCUT2D eigenvalue weighted by Crippen LogP contribution is -2.56. The highest BCUT2D eigenvalue weighted by atomic mass is 32.2. The van der Waals surface area contributed by atoms with Gasteiger partial charge in [-0.05, 0) is 93.4 Å². The number of hydrogen-bond acceptors (Lipinski definition) is 14. The highest BCUT2D eigenvalue weighted by molar-refractivity contribution is 7.99. The molecule has 1 aromatic heterocycles.